The third kappa shape index (κ3) is 1.27. The lowest BCUT2D eigenvalue weighted by molar-refractivity contribution is -0.109. The van der Waals surface area contributed by atoms with Crippen LogP contribution < -0.4 is 5.73 Å². The van der Waals surface area contributed by atoms with Crippen molar-refractivity contribution >= 4 is 0 Å². The van der Waals surface area contributed by atoms with Crippen LogP contribution in [0.1, 0.15) is 65.2 Å². The summed E-state index contributed by atoms with van der Waals surface area (Å²) in [7, 11) is 0. The summed E-state index contributed by atoms with van der Waals surface area (Å²) in [4.78, 5) is 0. The van der Waals surface area contributed by atoms with Gasteiger partial charge in [0.15, 0.2) is 0 Å². The zero-order valence-electron chi connectivity index (χ0n) is 12.2. The Kier molecular flexibility index (Phi) is 2.18. The molecule has 0 heterocycles. The topological polar surface area (TPSA) is 26.0 Å². The van der Waals surface area contributed by atoms with Gasteiger partial charge in [0.05, 0.1) is 0 Å². The van der Waals surface area contributed by atoms with Gasteiger partial charge in [-0.15, -0.1) is 0 Å². The molecule has 0 aromatic carbocycles. The van der Waals surface area contributed by atoms with E-state index in [2.05, 4.69) is 13.8 Å². The van der Waals surface area contributed by atoms with Gasteiger partial charge in [0, 0.05) is 0 Å². The van der Waals surface area contributed by atoms with Crippen molar-refractivity contribution in [2.24, 2.45) is 39.7 Å². The summed E-state index contributed by atoms with van der Waals surface area (Å²) < 4.78 is 0. The lowest BCUT2D eigenvalue weighted by Crippen LogP contribution is -2.52. The first kappa shape index (κ1) is 11.8. The first-order chi connectivity index (χ1) is 8.50. The Morgan fingerprint density at radius 3 is 1.72 bits per heavy atom. The molecule has 0 aromatic rings. The maximum Gasteiger partial charge on any atom is -0.00716 e. The van der Waals surface area contributed by atoms with Crippen LogP contribution in [0.15, 0.2) is 0 Å². The van der Waals surface area contributed by atoms with Crippen LogP contribution in [0, 0.1) is 34.0 Å². The number of hydrogen-bond acceptors (Lipinski definition) is 1. The standard InChI is InChI=1S/C17H29N/c1-15(2)11-17(15,3-4-18)16-8-12-5-13(9-16)7-14(6-12)10-16/h12-14H,3-11,18H2,1-2H3. The number of nitrogens with two attached hydrogens (primary N) is 1. The maximum absolute atomic E-state index is 5.99. The molecule has 1 heteroatoms. The first-order valence-electron chi connectivity index (χ1n) is 8.20. The zero-order chi connectivity index (χ0) is 12.6. The van der Waals surface area contributed by atoms with Gasteiger partial charge in [-0.25, -0.2) is 0 Å². The van der Waals surface area contributed by atoms with E-state index in [9.17, 15) is 0 Å². The fraction of sp³-hybridized carbons (Fsp3) is 1.00. The van der Waals surface area contributed by atoms with Crippen molar-refractivity contribution in [1.29, 1.82) is 0 Å². The summed E-state index contributed by atoms with van der Waals surface area (Å²) in [6, 6.07) is 0. The van der Waals surface area contributed by atoms with Crippen LogP contribution in [0.2, 0.25) is 0 Å². The van der Waals surface area contributed by atoms with E-state index in [0.717, 1.165) is 24.3 Å². The molecule has 0 spiro atoms. The smallest absolute Gasteiger partial charge is 0.00716 e. The second-order valence-corrected chi connectivity index (χ2v) is 8.88. The van der Waals surface area contributed by atoms with E-state index in [0.29, 0.717) is 16.2 Å². The third-order valence-corrected chi connectivity index (χ3v) is 7.54. The van der Waals surface area contributed by atoms with E-state index in [4.69, 9.17) is 5.73 Å². The van der Waals surface area contributed by atoms with Crippen molar-refractivity contribution < 1.29 is 0 Å². The van der Waals surface area contributed by atoms with Gasteiger partial charge in [0.25, 0.3) is 0 Å². The Balaban J connectivity index is 1.71. The SMILES string of the molecule is CC1(C)CC1(CCN)C12CC3CC(CC(C3)C1)C2. The van der Waals surface area contributed by atoms with Crippen LogP contribution in [-0.4, -0.2) is 6.54 Å². The Morgan fingerprint density at radius 1 is 0.944 bits per heavy atom. The Morgan fingerprint density at radius 2 is 1.39 bits per heavy atom. The van der Waals surface area contributed by atoms with Crippen molar-refractivity contribution in [2.45, 2.75) is 65.2 Å². The summed E-state index contributed by atoms with van der Waals surface area (Å²) in [5, 5.41) is 0. The minimum absolute atomic E-state index is 0.581. The van der Waals surface area contributed by atoms with Crippen molar-refractivity contribution in [3.05, 3.63) is 0 Å². The largest absolute Gasteiger partial charge is 0.330 e. The normalized spacial score (nSPS) is 55.8. The predicted octanol–water partition coefficient (Wildman–Crippen LogP) is 3.97. The fourth-order valence-electron chi connectivity index (χ4n) is 7.25. The summed E-state index contributed by atoms with van der Waals surface area (Å²) >= 11 is 0. The van der Waals surface area contributed by atoms with Gasteiger partial charge in [-0.2, -0.15) is 0 Å². The molecule has 5 saturated carbocycles. The van der Waals surface area contributed by atoms with Gasteiger partial charge >= 0.3 is 0 Å². The Bertz CT molecular complexity index is 335. The van der Waals surface area contributed by atoms with Crippen LogP contribution in [0.25, 0.3) is 0 Å². The van der Waals surface area contributed by atoms with Gasteiger partial charge < -0.3 is 5.73 Å². The first-order valence-corrected chi connectivity index (χ1v) is 8.20. The van der Waals surface area contributed by atoms with Crippen molar-refractivity contribution in [1.82, 2.24) is 0 Å². The van der Waals surface area contributed by atoms with Crippen molar-refractivity contribution in [2.75, 3.05) is 6.54 Å². The van der Waals surface area contributed by atoms with Gasteiger partial charge in [0.1, 0.15) is 0 Å². The van der Waals surface area contributed by atoms with Gasteiger partial charge in [0.2, 0.25) is 0 Å². The van der Waals surface area contributed by atoms with Crippen LogP contribution in [0.4, 0.5) is 0 Å². The summed E-state index contributed by atoms with van der Waals surface area (Å²) in [5.74, 6) is 3.26. The second kappa shape index (κ2) is 3.34. The molecule has 102 valence electrons. The molecule has 0 amide bonds. The van der Waals surface area contributed by atoms with E-state index < -0.39 is 0 Å². The van der Waals surface area contributed by atoms with Crippen LogP contribution in [0.3, 0.4) is 0 Å². The molecule has 5 fully saturated rings. The monoisotopic (exact) mass is 247 g/mol. The lowest BCUT2D eigenvalue weighted by atomic mass is 9.44. The van der Waals surface area contributed by atoms with Gasteiger partial charge in [-0.05, 0) is 91.9 Å². The third-order valence-electron chi connectivity index (χ3n) is 7.54. The average Bonchev–Trinajstić information content (AvgIpc) is 2.81. The summed E-state index contributed by atoms with van der Waals surface area (Å²) in [6.45, 7) is 5.94. The maximum atomic E-state index is 5.99. The highest BCUT2D eigenvalue weighted by Crippen LogP contribution is 2.80. The van der Waals surface area contributed by atoms with Crippen molar-refractivity contribution in [3.63, 3.8) is 0 Å². The fourth-order valence-corrected chi connectivity index (χ4v) is 7.25. The second-order valence-electron chi connectivity index (χ2n) is 8.88. The predicted molar refractivity (Wildman–Crippen MR) is 75.1 cm³/mol. The Hall–Kier alpha value is -0.0400. The van der Waals surface area contributed by atoms with Crippen molar-refractivity contribution in [3.8, 4) is 0 Å². The van der Waals surface area contributed by atoms with Crippen LogP contribution >= 0.6 is 0 Å². The summed E-state index contributed by atoms with van der Waals surface area (Å²) in [5.41, 5.74) is 7.92. The van der Waals surface area contributed by atoms with Gasteiger partial charge in [-0.3, -0.25) is 0 Å². The quantitative estimate of drug-likeness (QED) is 0.802. The van der Waals surface area contributed by atoms with E-state index in [1.54, 1.807) is 38.5 Å². The molecular weight excluding hydrogens is 218 g/mol. The minimum atomic E-state index is 0.581. The molecule has 1 unspecified atom stereocenters. The summed E-state index contributed by atoms with van der Waals surface area (Å²) in [6.07, 6.45) is 12.1. The highest BCUT2D eigenvalue weighted by Gasteiger charge is 2.72. The molecule has 4 bridgehead atoms. The molecule has 0 aliphatic heterocycles. The molecule has 5 aliphatic rings. The van der Waals surface area contributed by atoms with E-state index in [-0.39, 0.29) is 0 Å². The van der Waals surface area contributed by atoms with E-state index in [1.807, 2.05) is 0 Å². The number of rotatable bonds is 3. The molecule has 0 aromatic heterocycles. The molecule has 18 heavy (non-hydrogen) atoms. The van der Waals surface area contributed by atoms with Gasteiger partial charge in [-0.1, -0.05) is 13.8 Å². The number of hydrogen-bond donors (Lipinski definition) is 1. The molecule has 5 aliphatic carbocycles. The lowest BCUT2D eigenvalue weighted by Gasteiger charge is -2.61. The Labute approximate surface area is 112 Å². The van der Waals surface area contributed by atoms with Crippen LogP contribution in [0.5, 0.6) is 0 Å². The average molecular weight is 247 g/mol. The van der Waals surface area contributed by atoms with E-state index >= 15 is 0 Å². The van der Waals surface area contributed by atoms with E-state index in [1.165, 1.54) is 12.8 Å². The molecule has 1 atom stereocenters. The molecule has 0 saturated heterocycles. The molecule has 5 rings (SSSR count). The highest BCUT2D eigenvalue weighted by atomic mass is 14.8. The highest BCUT2D eigenvalue weighted by molar-refractivity contribution is 5.21. The molecular formula is C17H29N. The molecule has 2 N–H and O–H groups in total. The zero-order valence-corrected chi connectivity index (χ0v) is 12.2. The van der Waals surface area contributed by atoms with Crippen LogP contribution in [-0.2, 0) is 0 Å². The molecule has 0 radical (unpaired) electrons. The minimum Gasteiger partial charge on any atom is -0.330 e. The molecule has 1 nitrogen and oxygen atoms in total.